The fraction of sp³-hybridized carbons (Fsp3) is 0.238. The molecule has 0 bridgehead atoms. The highest BCUT2D eigenvalue weighted by Gasteiger charge is 2.24. The molecule has 1 aliphatic heterocycles. The maximum Gasteiger partial charge on any atom is 0.100 e. The Bertz CT molecular complexity index is 1100. The van der Waals surface area contributed by atoms with Crippen LogP contribution in [-0.4, -0.2) is 19.6 Å². The zero-order valence-electron chi connectivity index (χ0n) is 14.5. The van der Waals surface area contributed by atoms with E-state index in [1.165, 1.54) is 39.8 Å². The van der Waals surface area contributed by atoms with E-state index in [2.05, 4.69) is 59.2 Å². The standard InChI is InChI=1S/C21H20N4/c1-14-5-3-6-16(11-14)21-20(19-7-4-10-25(19)23-21)15-8-9-18-17(12-15)13-22-24(18)2/h3,5-6,8-9,11-13H,4,7,10H2,1-2H3. The van der Waals surface area contributed by atoms with Gasteiger partial charge in [-0.05, 0) is 43.5 Å². The minimum atomic E-state index is 1.02. The molecule has 0 unspecified atom stereocenters. The largest absolute Gasteiger partial charge is 0.268 e. The van der Waals surface area contributed by atoms with Crippen molar-refractivity contribution < 1.29 is 0 Å². The smallest absolute Gasteiger partial charge is 0.100 e. The van der Waals surface area contributed by atoms with E-state index in [4.69, 9.17) is 5.10 Å². The predicted octanol–water partition coefficient (Wildman–Crippen LogP) is 4.36. The van der Waals surface area contributed by atoms with Crippen molar-refractivity contribution >= 4 is 10.9 Å². The molecule has 0 aliphatic carbocycles. The summed E-state index contributed by atoms with van der Waals surface area (Å²) in [7, 11) is 1.98. The molecule has 0 saturated carbocycles. The van der Waals surface area contributed by atoms with Gasteiger partial charge in [0.05, 0.1) is 11.7 Å². The third-order valence-corrected chi connectivity index (χ3v) is 5.17. The van der Waals surface area contributed by atoms with E-state index in [0.717, 1.165) is 24.2 Å². The van der Waals surface area contributed by atoms with Crippen LogP contribution in [0.15, 0.2) is 48.7 Å². The highest BCUT2D eigenvalue weighted by Crippen LogP contribution is 2.38. The van der Waals surface area contributed by atoms with E-state index in [9.17, 15) is 0 Å². The first-order valence-electron chi connectivity index (χ1n) is 8.79. The predicted molar refractivity (Wildman–Crippen MR) is 100 cm³/mol. The van der Waals surface area contributed by atoms with Gasteiger partial charge in [0.25, 0.3) is 0 Å². The van der Waals surface area contributed by atoms with E-state index in [0.29, 0.717) is 0 Å². The molecule has 124 valence electrons. The molecule has 4 nitrogen and oxygen atoms in total. The number of benzene rings is 2. The number of hydrogen-bond acceptors (Lipinski definition) is 2. The Morgan fingerprint density at radius 3 is 2.84 bits per heavy atom. The molecule has 0 spiro atoms. The molecule has 0 N–H and O–H groups in total. The Morgan fingerprint density at radius 2 is 1.96 bits per heavy atom. The van der Waals surface area contributed by atoms with E-state index in [-0.39, 0.29) is 0 Å². The molecule has 5 rings (SSSR count). The van der Waals surface area contributed by atoms with E-state index in [1.54, 1.807) is 0 Å². The van der Waals surface area contributed by atoms with Gasteiger partial charge in [0.2, 0.25) is 0 Å². The summed E-state index contributed by atoms with van der Waals surface area (Å²) >= 11 is 0. The molecule has 4 aromatic rings. The van der Waals surface area contributed by atoms with Gasteiger partial charge < -0.3 is 0 Å². The van der Waals surface area contributed by atoms with Gasteiger partial charge in [-0.3, -0.25) is 9.36 Å². The number of fused-ring (bicyclic) bond motifs is 2. The lowest BCUT2D eigenvalue weighted by Gasteiger charge is -2.07. The minimum Gasteiger partial charge on any atom is -0.268 e. The molecule has 0 saturated heterocycles. The zero-order valence-corrected chi connectivity index (χ0v) is 14.5. The first-order valence-corrected chi connectivity index (χ1v) is 8.79. The third-order valence-electron chi connectivity index (χ3n) is 5.17. The second-order valence-electron chi connectivity index (χ2n) is 6.91. The van der Waals surface area contributed by atoms with Gasteiger partial charge in [0, 0.05) is 35.8 Å². The lowest BCUT2D eigenvalue weighted by Crippen LogP contribution is -1.94. The van der Waals surface area contributed by atoms with E-state index < -0.39 is 0 Å². The van der Waals surface area contributed by atoms with Crippen LogP contribution in [0, 0.1) is 6.92 Å². The molecule has 2 aromatic heterocycles. The molecule has 0 fully saturated rings. The van der Waals surface area contributed by atoms with Crippen LogP contribution in [-0.2, 0) is 20.0 Å². The van der Waals surface area contributed by atoms with Crippen molar-refractivity contribution in [3.8, 4) is 22.4 Å². The van der Waals surface area contributed by atoms with Crippen LogP contribution in [0.2, 0.25) is 0 Å². The molecular weight excluding hydrogens is 308 g/mol. The number of aryl methyl sites for hydroxylation is 3. The molecule has 0 amide bonds. The van der Waals surface area contributed by atoms with Gasteiger partial charge in [0.15, 0.2) is 0 Å². The Hall–Kier alpha value is -2.88. The Balaban J connectivity index is 1.76. The number of rotatable bonds is 2. The first-order chi connectivity index (χ1) is 12.2. The monoisotopic (exact) mass is 328 g/mol. The summed E-state index contributed by atoms with van der Waals surface area (Å²) in [6, 6.07) is 15.3. The fourth-order valence-electron chi connectivity index (χ4n) is 3.95. The summed E-state index contributed by atoms with van der Waals surface area (Å²) in [4.78, 5) is 0. The van der Waals surface area contributed by atoms with E-state index in [1.807, 2.05) is 17.9 Å². The maximum atomic E-state index is 4.96. The summed E-state index contributed by atoms with van der Waals surface area (Å²) in [5.41, 5.74) is 8.60. The summed E-state index contributed by atoms with van der Waals surface area (Å²) in [5.74, 6) is 0. The van der Waals surface area contributed by atoms with Crippen LogP contribution in [0.25, 0.3) is 33.3 Å². The van der Waals surface area contributed by atoms with Crippen molar-refractivity contribution in [2.75, 3.05) is 0 Å². The van der Waals surface area contributed by atoms with Crippen molar-refractivity contribution in [3.63, 3.8) is 0 Å². The third kappa shape index (κ3) is 2.21. The molecule has 2 aromatic carbocycles. The number of nitrogens with zero attached hydrogens (tertiary/aromatic N) is 4. The number of aromatic nitrogens is 4. The molecule has 4 heteroatoms. The Morgan fingerprint density at radius 1 is 1.04 bits per heavy atom. The lowest BCUT2D eigenvalue weighted by atomic mass is 9.96. The normalized spacial score (nSPS) is 13.5. The van der Waals surface area contributed by atoms with Gasteiger partial charge in [-0.1, -0.05) is 29.8 Å². The second kappa shape index (κ2) is 5.31. The fourth-order valence-corrected chi connectivity index (χ4v) is 3.95. The molecular formula is C21H20N4. The Kier molecular flexibility index (Phi) is 3.07. The molecule has 0 atom stereocenters. The van der Waals surface area contributed by atoms with Gasteiger partial charge >= 0.3 is 0 Å². The quantitative estimate of drug-likeness (QED) is 0.548. The average molecular weight is 328 g/mol. The van der Waals surface area contributed by atoms with Crippen LogP contribution in [0.1, 0.15) is 17.7 Å². The van der Waals surface area contributed by atoms with Crippen molar-refractivity contribution in [2.24, 2.45) is 7.05 Å². The maximum absolute atomic E-state index is 4.96. The van der Waals surface area contributed by atoms with Gasteiger partial charge in [-0.15, -0.1) is 0 Å². The summed E-state index contributed by atoms with van der Waals surface area (Å²) < 4.78 is 4.11. The van der Waals surface area contributed by atoms with Crippen LogP contribution < -0.4 is 0 Å². The van der Waals surface area contributed by atoms with Crippen molar-refractivity contribution in [3.05, 3.63) is 59.9 Å². The molecule has 1 aliphatic rings. The second-order valence-corrected chi connectivity index (χ2v) is 6.91. The van der Waals surface area contributed by atoms with Crippen molar-refractivity contribution in [2.45, 2.75) is 26.3 Å². The molecule has 25 heavy (non-hydrogen) atoms. The molecule has 0 radical (unpaired) electrons. The van der Waals surface area contributed by atoms with Crippen LogP contribution in [0.5, 0.6) is 0 Å². The highest BCUT2D eigenvalue weighted by molar-refractivity contribution is 5.90. The SMILES string of the molecule is Cc1cccc(-c2nn3c(c2-c2ccc4c(cnn4C)c2)CCC3)c1. The minimum absolute atomic E-state index is 1.02. The summed E-state index contributed by atoms with van der Waals surface area (Å²) in [6.45, 7) is 3.15. The van der Waals surface area contributed by atoms with Gasteiger partial charge in [-0.2, -0.15) is 10.2 Å². The first kappa shape index (κ1) is 14.5. The van der Waals surface area contributed by atoms with Crippen molar-refractivity contribution in [1.82, 2.24) is 19.6 Å². The average Bonchev–Trinajstić information content (AvgIpc) is 3.29. The van der Waals surface area contributed by atoms with E-state index >= 15 is 0 Å². The number of hydrogen-bond donors (Lipinski definition) is 0. The summed E-state index contributed by atoms with van der Waals surface area (Å²) in [6.07, 6.45) is 4.21. The van der Waals surface area contributed by atoms with Crippen LogP contribution >= 0.6 is 0 Å². The van der Waals surface area contributed by atoms with Crippen LogP contribution in [0.4, 0.5) is 0 Å². The lowest BCUT2D eigenvalue weighted by molar-refractivity contribution is 0.659. The zero-order chi connectivity index (χ0) is 17.0. The van der Waals surface area contributed by atoms with Gasteiger partial charge in [0.1, 0.15) is 5.69 Å². The van der Waals surface area contributed by atoms with Crippen LogP contribution in [0.3, 0.4) is 0 Å². The van der Waals surface area contributed by atoms with Gasteiger partial charge in [-0.25, -0.2) is 0 Å². The van der Waals surface area contributed by atoms with Crippen molar-refractivity contribution in [1.29, 1.82) is 0 Å². The molecule has 3 heterocycles. The topological polar surface area (TPSA) is 35.6 Å². The summed E-state index contributed by atoms with van der Waals surface area (Å²) in [5, 5.41) is 10.5. The Labute approximate surface area is 146 Å². The highest BCUT2D eigenvalue weighted by atomic mass is 15.3.